The first-order chi connectivity index (χ1) is 14.8. The van der Waals surface area contributed by atoms with E-state index in [-0.39, 0.29) is 4.90 Å². The van der Waals surface area contributed by atoms with Crippen molar-refractivity contribution < 1.29 is 21.6 Å². The standard InChI is InChI=1S/C21H14F3N3O2S2/c22-21(23,24)15-8-11-19(25-12-15)30-18-13-27(16-4-2-1-3-5-16)26-20(18)14-6-9-17(10-7-14)31(28)29/h1-13,31H. The number of hydrogen-bond acceptors (Lipinski definition) is 5. The van der Waals surface area contributed by atoms with Gasteiger partial charge >= 0.3 is 6.18 Å². The van der Waals surface area contributed by atoms with Gasteiger partial charge in [0.25, 0.3) is 0 Å². The van der Waals surface area contributed by atoms with Crippen molar-refractivity contribution >= 4 is 22.5 Å². The van der Waals surface area contributed by atoms with Crippen LogP contribution >= 0.6 is 11.8 Å². The van der Waals surface area contributed by atoms with Gasteiger partial charge in [0, 0.05) is 18.0 Å². The molecule has 0 saturated heterocycles. The highest BCUT2D eigenvalue weighted by molar-refractivity contribution is 7.99. The maximum absolute atomic E-state index is 12.8. The second-order valence-corrected chi connectivity index (χ2v) is 8.50. The van der Waals surface area contributed by atoms with E-state index in [1.807, 2.05) is 30.3 Å². The number of aromatic nitrogens is 3. The predicted molar refractivity (Wildman–Crippen MR) is 111 cm³/mol. The first-order valence-corrected chi connectivity index (χ1v) is 10.9. The van der Waals surface area contributed by atoms with Gasteiger partial charge < -0.3 is 0 Å². The van der Waals surface area contributed by atoms with Crippen molar-refractivity contribution in [1.29, 1.82) is 0 Å². The number of nitrogens with zero attached hydrogens (tertiary/aromatic N) is 3. The van der Waals surface area contributed by atoms with Crippen molar-refractivity contribution in [3.63, 3.8) is 0 Å². The molecule has 10 heteroatoms. The summed E-state index contributed by atoms with van der Waals surface area (Å²) in [5.74, 6) is 0. The van der Waals surface area contributed by atoms with E-state index in [1.165, 1.54) is 30.0 Å². The quantitative estimate of drug-likeness (QED) is 0.420. The molecule has 4 aromatic rings. The molecule has 31 heavy (non-hydrogen) atoms. The van der Waals surface area contributed by atoms with Crippen molar-refractivity contribution in [2.45, 2.75) is 21.0 Å². The lowest BCUT2D eigenvalue weighted by Gasteiger charge is -2.06. The van der Waals surface area contributed by atoms with Crippen LogP contribution in [0.2, 0.25) is 0 Å². The van der Waals surface area contributed by atoms with Crippen LogP contribution in [0.1, 0.15) is 5.56 Å². The molecule has 0 N–H and O–H groups in total. The Bertz CT molecular complexity index is 1260. The fraction of sp³-hybridized carbons (Fsp3) is 0.0476. The number of alkyl halides is 3. The monoisotopic (exact) mass is 461 g/mol. The molecule has 0 aliphatic carbocycles. The highest BCUT2D eigenvalue weighted by Crippen LogP contribution is 2.36. The summed E-state index contributed by atoms with van der Waals surface area (Å²) in [7, 11) is -2.70. The molecular weight excluding hydrogens is 447 g/mol. The molecule has 2 heterocycles. The molecule has 0 aliphatic rings. The minimum atomic E-state index is -4.45. The number of para-hydroxylation sites is 1. The van der Waals surface area contributed by atoms with Crippen LogP contribution in [-0.4, -0.2) is 23.2 Å². The Kier molecular flexibility index (Phi) is 5.84. The summed E-state index contributed by atoms with van der Waals surface area (Å²) in [6, 6.07) is 17.9. The van der Waals surface area contributed by atoms with Gasteiger partial charge in [0.15, 0.2) is 10.7 Å². The van der Waals surface area contributed by atoms with Crippen LogP contribution in [-0.2, 0) is 16.9 Å². The highest BCUT2D eigenvalue weighted by Gasteiger charge is 2.30. The number of pyridine rings is 1. The topological polar surface area (TPSA) is 64.8 Å². The van der Waals surface area contributed by atoms with E-state index >= 15 is 0 Å². The second-order valence-electron chi connectivity index (χ2n) is 6.41. The van der Waals surface area contributed by atoms with Gasteiger partial charge in [0.05, 0.1) is 21.0 Å². The van der Waals surface area contributed by atoms with Crippen molar-refractivity contribution in [2.24, 2.45) is 0 Å². The number of halogens is 3. The van der Waals surface area contributed by atoms with E-state index in [1.54, 1.807) is 23.0 Å². The third kappa shape index (κ3) is 4.80. The maximum Gasteiger partial charge on any atom is 0.417 e. The van der Waals surface area contributed by atoms with Crippen LogP contribution in [0, 0.1) is 0 Å². The van der Waals surface area contributed by atoms with E-state index in [0.717, 1.165) is 18.0 Å². The van der Waals surface area contributed by atoms with Crippen molar-refractivity contribution in [3.05, 3.63) is 84.7 Å². The second kappa shape index (κ2) is 8.56. The van der Waals surface area contributed by atoms with Crippen LogP contribution in [0.3, 0.4) is 0 Å². The Morgan fingerprint density at radius 2 is 1.61 bits per heavy atom. The molecule has 0 amide bonds. The Morgan fingerprint density at radius 3 is 2.19 bits per heavy atom. The number of benzene rings is 2. The molecule has 4 rings (SSSR count). The van der Waals surface area contributed by atoms with E-state index in [0.29, 0.717) is 21.2 Å². The molecule has 2 aromatic carbocycles. The van der Waals surface area contributed by atoms with Gasteiger partial charge in [-0.25, -0.2) is 18.1 Å². The van der Waals surface area contributed by atoms with E-state index in [9.17, 15) is 21.6 Å². The zero-order valence-corrected chi connectivity index (χ0v) is 17.4. The lowest BCUT2D eigenvalue weighted by Crippen LogP contribution is -2.04. The van der Waals surface area contributed by atoms with Crippen LogP contribution in [0.15, 0.2) is 93.9 Å². The average molecular weight is 461 g/mol. The first kappa shape index (κ1) is 21.1. The fourth-order valence-electron chi connectivity index (χ4n) is 2.81. The summed E-state index contributed by atoms with van der Waals surface area (Å²) in [6.07, 6.45) is -1.90. The number of hydrogen-bond donors (Lipinski definition) is 1. The Balaban J connectivity index is 1.74. The van der Waals surface area contributed by atoms with Gasteiger partial charge in [0.1, 0.15) is 10.7 Å². The van der Waals surface area contributed by atoms with E-state index in [4.69, 9.17) is 0 Å². The third-order valence-corrected chi connectivity index (χ3v) is 6.02. The van der Waals surface area contributed by atoms with Gasteiger partial charge in [-0.2, -0.15) is 18.3 Å². The molecule has 2 aromatic heterocycles. The van der Waals surface area contributed by atoms with E-state index in [2.05, 4.69) is 10.1 Å². The maximum atomic E-state index is 12.8. The van der Waals surface area contributed by atoms with Gasteiger partial charge in [-0.3, -0.25) is 0 Å². The van der Waals surface area contributed by atoms with Gasteiger partial charge in [-0.1, -0.05) is 42.1 Å². The van der Waals surface area contributed by atoms with Crippen LogP contribution in [0.5, 0.6) is 0 Å². The highest BCUT2D eigenvalue weighted by atomic mass is 32.2. The van der Waals surface area contributed by atoms with Crippen LogP contribution in [0.4, 0.5) is 13.2 Å². The molecule has 0 saturated carbocycles. The Labute approximate surface area is 181 Å². The molecule has 0 bridgehead atoms. The molecule has 0 atom stereocenters. The first-order valence-electron chi connectivity index (χ1n) is 8.92. The minimum absolute atomic E-state index is 0.180. The number of rotatable bonds is 5. The molecule has 0 unspecified atom stereocenters. The number of thiol groups is 1. The van der Waals surface area contributed by atoms with Gasteiger partial charge in [0.2, 0.25) is 0 Å². The zero-order chi connectivity index (χ0) is 22.0. The summed E-state index contributed by atoms with van der Waals surface area (Å²) >= 11 is 1.17. The molecule has 0 radical (unpaired) electrons. The smallest absolute Gasteiger partial charge is 0.249 e. The third-order valence-electron chi connectivity index (χ3n) is 4.33. The SMILES string of the molecule is O=[SH](=O)c1ccc(-c2nn(-c3ccccc3)cc2Sc2ccc(C(F)(F)F)cn2)cc1. The molecule has 5 nitrogen and oxygen atoms in total. The minimum Gasteiger partial charge on any atom is -0.249 e. The average Bonchev–Trinajstić information content (AvgIpc) is 3.18. The predicted octanol–water partition coefficient (Wildman–Crippen LogP) is 5.07. The molecule has 0 aliphatic heterocycles. The van der Waals surface area contributed by atoms with Crippen molar-refractivity contribution in [2.75, 3.05) is 0 Å². The Hall–Kier alpha value is -3.11. The summed E-state index contributed by atoms with van der Waals surface area (Å²) in [5, 5.41) is 4.99. The molecular formula is C21H14F3N3O2S2. The van der Waals surface area contributed by atoms with Crippen molar-refractivity contribution in [1.82, 2.24) is 14.8 Å². The lowest BCUT2D eigenvalue weighted by molar-refractivity contribution is -0.137. The molecule has 0 spiro atoms. The van der Waals surface area contributed by atoms with Crippen molar-refractivity contribution in [3.8, 4) is 16.9 Å². The lowest BCUT2D eigenvalue weighted by atomic mass is 10.2. The largest absolute Gasteiger partial charge is 0.417 e. The summed E-state index contributed by atoms with van der Waals surface area (Å²) in [6.45, 7) is 0. The molecule has 0 fully saturated rings. The van der Waals surface area contributed by atoms with E-state index < -0.39 is 22.4 Å². The van der Waals surface area contributed by atoms with Gasteiger partial charge in [-0.15, -0.1) is 0 Å². The normalized spacial score (nSPS) is 11.7. The zero-order valence-electron chi connectivity index (χ0n) is 15.7. The summed E-state index contributed by atoms with van der Waals surface area (Å²) in [4.78, 5) is 4.76. The fourth-order valence-corrected chi connectivity index (χ4v) is 4.08. The van der Waals surface area contributed by atoms with Crippen LogP contribution < -0.4 is 0 Å². The van der Waals surface area contributed by atoms with Crippen LogP contribution in [0.25, 0.3) is 16.9 Å². The summed E-state index contributed by atoms with van der Waals surface area (Å²) < 4.78 is 62.4. The Morgan fingerprint density at radius 1 is 0.903 bits per heavy atom. The molecule has 158 valence electrons. The summed E-state index contributed by atoms with van der Waals surface area (Å²) in [5.41, 5.74) is 1.21. The van der Waals surface area contributed by atoms with Gasteiger partial charge in [-0.05, 0) is 36.4 Å².